The van der Waals surface area contributed by atoms with Gasteiger partial charge in [-0.1, -0.05) is 58.7 Å². The van der Waals surface area contributed by atoms with Crippen LogP contribution in [-0.2, 0) is 11.2 Å². The SMILES string of the molecule is Cc1cc(-c2ccc(CC(=O)C(C)c3cc(Cl)cc(Br)c3)cc2)ccn1. The van der Waals surface area contributed by atoms with Crippen LogP contribution < -0.4 is 0 Å². The highest BCUT2D eigenvalue weighted by Crippen LogP contribution is 2.27. The van der Waals surface area contributed by atoms with Crippen molar-refractivity contribution in [2.24, 2.45) is 0 Å². The Kier molecular flexibility index (Phi) is 5.90. The zero-order valence-corrected chi connectivity index (χ0v) is 17.0. The average Bonchev–Trinajstić information content (AvgIpc) is 2.61. The summed E-state index contributed by atoms with van der Waals surface area (Å²) in [6.07, 6.45) is 2.22. The first-order chi connectivity index (χ1) is 12.4. The number of halogens is 2. The second kappa shape index (κ2) is 8.15. The van der Waals surface area contributed by atoms with Gasteiger partial charge in [0, 0.05) is 33.7 Å². The number of carbonyl (C=O) groups is 1. The molecule has 0 bridgehead atoms. The zero-order chi connectivity index (χ0) is 18.7. The molecule has 0 radical (unpaired) electrons. The molecule has 0 aliphatic heterocycles. The molecule has 4 heteroatoms. The van der Waals surface area contributed by atoms with Crippen molar-refractivity contribution in [1.82, 2.24) is 4.98 Å². The van der Waals surface area contributed by atoms with Gasteiger partial charge in [-0.2, -0.15) is 0 Å². The monoisotopic (exact) mass is 427 g/mol. The highest BCUT2D eigenvalue weighted by molar-refractivity contribution is 9.10. The van der Waals surface area contributed by atoms with E-state index in [9.17, 15) is 4.79 Å². The highest BCUT2D eigenvalue weighted by atomic mass is 79.9. The molecule has 0 spiro atoms. The summed E-state index contributed by atoms with van der Waals surface area (Å²) < 4.78 is 0.886. The van der Waals surface area contributed by atoms with Crippen LogP contribution in [0.1, 0.15) is 29.7 Å². The van der Waals surface area contributed by atoms with Crippen molar-refractivity contribution in [3.05, 3.63) is 87.1 Å². The summed E-state index contributed by atoms with van der Waals surface area (Å²) in [6.45, 7) is 3.90. The van der Waals surface area contributed by atoms with Crippen molar-refractivity contribution in [1.29, 1.82) is 0 Å². The fourth-order valence-corrected chi connectivity index (χ4v) is 3.79. The maximum atomic E-state index is 12.7. The summed E-state index contributed by atoms with van der Waals surface area (Å²) in [7, 11) is 0. The first kappa shape index (κ1) is 18.8. The smallest absolute Gasteiger partial charge is 0.144 e. The third-order valence-electron chi connectivity index (χ3n) is 4.43. The van der Waals surface area contributed by atoms with E-state index in [4.69, 9.17) is 11.6 Å². The number of aryl methyl sites for hydroxylation is 1. The lowest BCUT2D eigenvalue weighted by Gasteiger charge is -2.12. The molecule has 1 heterocycles. The number of benzene rings is 2. The van der Waals surface area contributed by atoms with Crippen LogP contribution in [-0.4, -0.2) is 10.8 Å². The lowest BCUT2D eigenvalue weighted by molar-refractivity contribution is -0.119. The Labute approximate surface area is 167 Å². The predicted molar refractivity (Wildman–Crippen MR) is 111 cm³/mol. The molecule has 0 amide bonds. The predicted octanol–water partition coefficient (Wildman–Crippen LogP) is 6.39. The van der Waals surface area contributed by atoms with Crippen molar-refractivity contribution in [3.8, 4) is 11.1 Å². The summed E-state index contributed by atoms with van der Waals surface area (Å²) in [4.78, 5) is 16.9. The molecule has 1 unspecified atom stereocenters. The fraction of sp³-hybridized carbons (Fsp3) is 0.182. The summed E-state index contributed by atoms with van der Waals surface area (Å²) in [6, 6.07) is 17.8. The van der Waals surface area contributed by atoms with E-state index < -0.39 is 0 Å². The minimum Gasteiger partial charge on any atom is -0.299 e. The maximum Gasteiger partial charge on any atom is 0.144 e. The van der Waals surface area contributed by atoms with Gasteiger partial charge >= 0.3 is 0 Å². The molecule has 0 saturated carbocycles. The second-order valence-corrected chi connectivity index (χ2v) is 7.80. The van der Waals surface area contributed by atoms with Gasteiger partial charge in [-0.05, 0) is 59.5 Å². The van der Waals surface area contributed by atoms with E-state index in [-0.39, 0.29) is 11.7 Å². The van der Waals surface area contributed by atoms with Crippen molar-refractivity contribution in [2.45, 2.75) is 26.2 Å². The Bertz CT molecular complexity index is 917. The Balaban J connectivity index is 1.73. The molecule has 3 aromatic rings. The Morgan fingerprint density at radius 3 is 2.46 bits per heavy atom. The molecule has 0 aliphatic carbocycles. The lowest BCUT2D eigenvalue weighted by Crippen LogP contribution is -2.12. The number of hydrogen-bond acceptors (Lipinski definition) is 2. The van der Waals surface area contributed by atoms with Crippen LogP contribution in [0.4, 0.5) is 0 Å². The van der Waals surface area contributed by atoms with Gasteiger partial charge in [0.1, 0.15) is 5.78 Å². The van der Waals surface area contributed by atoms with E-state index >= 15 is 0 Å². The standard InChI is InChI=1S/C22H19BrClNO/c1-14-9-18(7-8-25-14)17-5-3-16(4-6-17)10-22(26)15(2)19-11-20(23)13-21(24)12-19/h3-9,11-13,15H,10H2,1-2H3. The van der Waals surface area contributed by atoms with Crippen LogP contribution in [0.2, 0.25) is 5.02 Å². The van der Waals surface area contributed by atoms with Gasteiger partial charge in [-0.25, -0.2) is 0 Å². The van der Waals surface area contributed by atoms with Crippen molar-refractivity contribution >= 4 is 33.3 Å². The average molecular weight is 429 g/mol. The van der Waals surface area contributed by atoms with E-state index in [1.165, 1.54) is 0 Å². The van der Waals surface area contributed by atoms with Crippen LogP contribution in [0.25, 0.3) is 11.1 Å². The summed E-state index contributed by atoms with van der Waals surface area (Å²) in [5, 5.41) is 0.631. The Hall–Kier alpha value is -1.97. The van der Waals surface area contributed by atoms with E-state index in [2.05, 4.69) is 39.1 Å². The molecule has 0 saturated heterocycles. The molecule has 3 rings (SSSR count). The number of nitrogens with zero attached hydrogens (tertiary/aromatic N) is 1. The first-order valence-electron chi connectivity index (χ1n) is 8.43. The molecule has 26 heavy (non-hydrogen) atoms. The van der Waals surface area contributed by atoms with Crippen molar-refractivity contribution in [3.63, 3.8) is 0 Å². The third kappa shape index (κ3) is 4.60. The van der Waals surface area contributed by atoms with Gasteiger partial charge in [-0.15, -0.1) is 0 Å². The number of carbonyl (C=O) groups excluding carboxylic acids is 1. The number of pyridine rings is 1. The second-order valence-electron chi connectivity index (χ2n) is 6.45. The number of rotatable bonds is 5. The largest absolute Gasteiger partial charge is 0.299 e. The molecule has 2 aromatic carbocycles. The van der Waals surface area contributed by atoms with Gasteiger partial charge in [0.25, 0.3) is 0 Å². The molecule has 0 N–H and O–H groups in total. The summed E-state index contributed by atoms with van der Waals surface area (Å²) >= 11 is 9.53. The highest BCUT2D eigenvalue weighted by Gasteiger charge is 2.16. The quantitative estimate of drug-likeness (QED) is 0.471. The van der Waals surface area contributed by atoms with Crippen LogP contribution in [0.15, 0.2) is 65.3 Å². The first-order valence-corrected chi connectivity index (χ1v) is 9.60. The zero-order valence-electron chi connectivity index (χ0n) is 14.7. The van der Waals surface area contributed by atoms with E-state index in [1.54, 1.807) is 0 Å². The number of hydrogen-bond donors (Lipinski definition) is 0. The van der Waals surface area contributed by atoms with Gasteiger partial charge < -0.3 is 0 Å². The van der Waals surface area contributed by atoms with Crippen molar-refractivity contribution < 1.29 is 4.79 Å². The minimum absolute atomic E-state index is 0.173. The Morgan fingerprint density at radius 2 is 1.81 bits per heavy atom. The normalized spacial score (nSPS) is 12.0. The molecule has 0 fully saturated rings. The van der Waals surface area contributed by atoms with Crippen LogP contribution in [0, 0.1) is 6.92 Å². The third-order valence-corrected chi connectivity index (χ3v) is 5.11. The molecule has 2 nitrogen and oxygen atoms in total. The summed E-state index contributed by atoms with van der Waals surface area (Å²) in [5.74, 6) is -0.0285. The molecule has 1 atom stereocenters. The van der Waals surface area contributed by atoms with E-state index in [0.717, 1.165) is 32.4 Å². The molecular formula is C22H19BrClNO. The number of aromatic nitrogens is 1. The summed E-state index contributed by atoms with van der Waals surface area (Å²) in [5.41, 5.74) is 5.19. The number of ketones is 1. The van der Waals surface area contributed by atoms with Gasteiger partial charge in [0.05, 0.1) is 0 Å². The van der Waals surface area contributed by atoms with Crippen LogP contribution in [0.3, 0.4) is 0 Å². The van der Waals surface area contributed by atoms with Crippen LogP contribution >= 0.6 is 27.5 Å². The number of Topliss-reactive ketones (excluding diaryl/α,β-unsaturated/α-hetero) is 1. The van der Waals surface area contributed by atoms with Gasteiger partial charge in [0.2, 0.25) is 0 Å². The Morgan fingerprint density at radius 1 is 1.08 bits per heavy atom. The van der Waals surface area contributed by atoms with Crippen molar-refractivity contribution in [2.75, 3.05) is 0 Å². The molecule has 1 aromatic heterocycles. The molecular weight excluding hydrogens is 410 g/mol. The minimum atomic E-state index is -0.201. The maximum absolute atomic E-state index is 12.7. The van der Waals surface area contributed by atoms with Gasteiger partial charge in [-0.3, -0.25) is 9.78 Å². The van der Waals surface area contributed by atoms with E-state index in [0.29, 0.717) is 11.4 Å². The molecule has 0 aliphatic rings. The fourth-order valence-electron chi connectivity index (χ4n) is 2.91. The van der Waals surface area contributed by atoms with E-state index in [1.807, 2.05) is 56.4 Å². The molecule has 132 valence electrons. The van der Waals surface area contributed by atoms with Crippen LogP contribution in [0.5, 0.6) is 0 Å². The topological polar surface area (TPSA) is 30.0 Å². The van der Waals surface area contributed by atoms with Gasteiger partial charge in [0.15, 0.2) is 0 Å². The lowest BCUT2D eigenvalue weighted by atomic mass is 9.92.